The molecule has 0 unspecified atom stereocenters. The number of amides is 1. The summed E-state index contributed by atoms with van der Waals surface area (Å²) < 4.78 is 5.92. The molecule has 6 heteroatoms. The van der Waals surface area contributed by atoms with E-state index in [4.69, 9.17) is 27.9 Å². The number of carbonyl (C=O) groups excluding carboxylic acids is 1. The number of rotatable bonds is 4. The fourth-order valence-corrected chi connectivity index (χ4v) is 5.73. The molecule has 2 aliphatic rings. The molecule has 0 aliphatic carbocycles. The highest BCUT2D eigenvalue weighted by atomic mass is 35.5. The van der Waals surface area contributed by atoms with Crippen molar-refractivity contribution in [3.8, 4) is 11.3 Å². The molecule has 1 N–H and O–H groups in total. The number of benzene rings is 3. The summed E-state index contributed by atoms with van der Waals surface area (Å²) in [5.74, 6) is 0.0459. The van der Waals surface area contributed by atoms with Crippen molar-refractivity contribution in [2.45, 2.75) is 25.0 Å². The second-order valence-electron chi connectivity index (χ2n) is 8.67. The van der Waals surface area contributed by atoms with Crippen molar-refractivity contribution >= 4 is 40.0 Å². The maximum atomic E-state index is 13.6. The first-order valence-corrected chi connectivity index (χ1v) is 11.9. The van der Waals surface area contributed by atoms with Gasteiger partial charge in [0.15, 0.2) is 0 Å². The van der Waals surface area contributed by atoms with E-state index in [2.05, 4.69) is 23.2 Å². The highest BCUT2D eigenvalue weighted by Gasteiger charge is 2.41. The lowest BCUT2D eigenvalue weighted by atomic mass is 9.93. The van der Waals surface area contributed by atoms with Gasteiger partial charge in [-0.15, -0.1) is 0 Å². The molecule has 0 bridgehead atoms. The van der Waals surface area contributed by atoms with Crippen LogP contribution in [0, 0.1) is 0 Å². The first-order valence-electron chi connectivity index (χ1n) is 11.2. The van der Waals surface area contributed by atoms with Crippen LogP contribution in [0.3, 0.4) is 0 Å². The first kappa shape index (κ1) is 20.8. The summed E-state index contributed by atoms with van der Waals surface area (Å²) in [5.41, 5.74) is 5.58. The number of hydrogen-bond donors (Lipinski definition) is 1. The molecule has 0 radical (unpaired) electrons. The number of aromatic nitrogens is 1. The van der Waals surface area contributed by atoms with Crippen LogP contribution in [0.4, 0.5) is 0 Å². The van der Waals surface area contributed by atoms with Gasteiger partial charge in [0, 0.05) is 45.8 Å². The summed E-state index contributed by atoms with van der Waals surface area (Å²) in [6.07, 6.45) is 2.05. The Bertz CT molecular complexity index is 1370. The Morgan fingerprint density at radius 2 is 1.82 bits per heavy atom. The molecule has 1 aromatic heterocycles. The van der Waals surface area contributed by atoms with Crippen LogP contribution in [-0.2, 0) is 4.74 Å². The van der Waals surface area contributed by atoms with Crippen LogP contribution in [0.25, 0.3) is 22.2 Å². The molecule has 33 heavy (non-hydrogen) atoms. The molecule has 3 heterocycles. The first-order chi connectivity index (χ1) is 16.1. The van der Waals surface area contributed by atoms with Crippen LogP contribution in [0.5, 0.6) is 0 Å². The number of para-hydroxylation sites is 1. The second kappa shape index (κ2) is 8.21. The van der Waals surface area contributed by atoms with Gasteiger partial charge in [-0.25, -0.2) is 0 Å². The van der Waals surface area contributed by atoms with Gasteiger partial charge >= 0.3 is 0 Å². The fourth-order valence-electron chi connectivity index (χ4n) is 5.23. The third-order valence-electron chi connectivity index (χ3n) is 6.70. The molecular formula is C27H22Cl2N2O2. The van der Waals surface area contributed by atoms with E-state index < -0.39 is 0 Å². The van der Waals surface area contributed by atoms with E-state index in [0.717, 1.165) is 58.3 Å². The SMILES string of the molecule is O=C1c2ccccc2[C@H](c2c(-c3ccc(Cl)cc3Cl)[nH]c3ccccc23)N1C[C@@H]1CCCO1. The van der Waals surface area contributed by atoms with Crippen molar-refractivity contribution < 1.29 is 9.53 Å². The maximum absolute atomic E-state index is 13.6. The van der Waals surface area contributed by atoms with Gasteiger partial charge in [0.2, 0.25) is 0 Å². The van der Waals surface area contributed by atoms with Crippen molar-refractivity contribution in [2.75, 3.05) is 13.2 Å². The quantitative estimate of drug-likeness (QED) is 0.349. The molecule has 0 spiro atoms. The number of carbonyl (C=O) groups is 1. The highest BCUT2D eigenvalue weighted by Crippen LogP contribution is 2.47. The van der Waals surface area contributed by atoms with E-state index in [0.29, 0.717) is 16.6 Å². The zero-order valence-corrected chi connectivity index (χ0v) is 19.4. The van der Waals surface area contributed by atoms with Gasteiger partial charge in [-0.05, 0) is 48.7 Å². The maximum Gasteiger partial charge on any atom is 0.255 e. The molecule has 1 saturated heterocycles. The Morgan fingerprint density at radius 3 is 2.64 bits per heavy atom. The molecule has 4 nitrogen and oxygen atoms in total. The zero-order valence-electron chi connectivity index (χ0n) is 17.9. The highest BCUT2D eigenvalue weighted by molar-refractivity contribution is 6.36. The van der Waals surface area contributed by atoms with E-state index in [-0.39, 0.29) is 18.1 Å². The van der Waals surface area contributed by atoms with E-state index in [1.165, 1.54) is 0 Å². The number of ether oxygens (including phenoxy) is 1. The Hall–Kier alpha value is -2.79. The smallest absolute Gasteiger partial charge is 0.255 e. The van der Waals surface area contributed by atoms with Crippen molar-refractivity contribution in [3.63, 3.8) is 0 Å². The fraction of sp³-hybridized carbons (Fsp3) is 0.222. The number of H-pyrrole nitrogens is 1. The van der Waals surface area contributed by atoms with Gasteiger partial charge in [0.25, 0.3) is 5.91 Å². The minimum absolute atomic E-state index is 0.0459. The summed E-state index contributed by atoms with van der Waals surface area (Å²) in [7, 11) is 0. The lowest BCUT2D eigenvalue weighted by molar-refractivity contribution is 0.0501. The van der Waals surface area contributed by atoms with Crippen molar-refractivity contribution in [2.24, 2.45) is 0 Å². The minimum atomic E-state index is -0.240. The van der Waals surface area contributed by atoms with E-state index >= 15 is 0 Å². The van der Waals surface area contributed by atoms with Crippen LogP contribution < -0.4 is 0 Å². The predicted molar refractivity (Wildman–Crippen MR) is 132 cm³/mol. The average Bonchev–Trinajstić information content (AvgIpc) is 3.52. The van der Waals surface area contributed by atoms with Gasteiger partial charge in [-0.2, -0.15) is 0 Å². The third kappa shape index (κ3) is 3.45. The molecule has 166 valence electrons. The van der Waals surface area contributed by atoms with Gasteiger partial charge < -0.3 is 14.6 Å². The summed E-state index contributed by atoms with van der Waals surface area (Å²) in [6.45, 7) is 1.31. The average molecular weight is 477 g/mol. The van der Waals surface area contributed by atoms with Crippen LogP contribution in [0.1, 0.15) is 40.4 Å². The van der Waals surface area contributed by atoms with E-state index in [1.807, 2.05) is 47.4 Å². The van der Waals surface area contributed by atoms with Gasteiger partial charge in [0.05, 0.1) is 22.9 Å². The Labute approximate surface area is 202 Å². The van der Waals surface area contributed by atoms with Crippen LogP contribution in [0.15, 0.2) is 66.7 Å². The number of fused-ring (bicyclic) bond motifs is 2. The molecule has 0 saturated carbocycles. The summed E-state index contributed by atoms with van der Waals surface area (Å²) in [6, 6.07) is 21.4. The molecule has 4 aromatic rings. The number of aromatic amines is 1. The van der Waals surface area contributed by atoms with E-state index in [9.17, 15) is 4.79 Å². The largest absolute Gasteiger partial charge is 0.376 e. The zero-order chi connectivity index (χ0) is 22.5. The molecule has 2 atom stereocenters. The van der Waals surface area contributed by atoms with Crippen molar-refractivity contribution in [1.82, 2.24) is 9.88 Å². The number of halogens is 2. The molecule has 2 aliphatic heterocycles. The van der Waals surface area contributed by atoms with Crippen LogP contribution in [-0.4, -0.2) is 35.0 Å². The summed E-state index contributed by atoms with van der Waals surface area (Å²) in [5, 5.41) is 2.23. The lowest BCUT2D eigenvalue weighted by Crippen LogP contribution is -2.35. The normalized spacial score (nSPS) is 20.1. The van der Waals surface area contributed by atoms with Gasteiger partial charge in [0.1, 0.15) is 0 Å². The Kier molecular flexibility index (Phi) is 5.17. The summed E-state index contributed by atoms with van der Waals surface area (Å²) >= 11 is 12.9. The number of hydrogen-bond acceptors (Lipinski definition) is 2. The topological polar surface area (TPSA) is 45.3 Å². The van der Waals surface area contributed by atoms with Crippen LogP contribution >= 0.6 is 23.2 Å². The molecule has 6 rings (SSSR count). The molecule has 1 amide bonds. The summed E-state index contributed by atoms with van der Waals surface area (Å²) in [4.78, 5) is 19.2. The molecule has 3 aromatic carbocycles. The number of nitrogens with zero attached hydrogens (tertiary/aromatic N) is 1. The third-order valence-corrected chi connectivity index (χ3v) is 7.25. The van der Waals surface area contributed by atoms with Gasteiger partial charge in [-0.3, -0.25) is 4.79 Å². The van der Waals surface area contributed by atoms with Gasteiger partial charge in [-0.1, -0.05) is 59.6 Å². The lowest BCUT2D eigenvalue weighted by Gasteiger charge is -2.29. The van der Waals surface area contributed by atoms with Crippen molar-refractivity contribution in [3.05, 3.63) is 93.5 Å². The Balaban J connectivity index is 1.59. The van der Waals surface area contributed by atoms with Crippen LogP contribution in [0.2, 0.25) is 10.0 Å². The predicted octanol–water partition coefficient (Wildman–Crippen LogP) is 6.87. The monoisotopic (exact) mass is 476 g/mol. The molecular weight excluding hydrogens is 455 g/mol. The number of nitrogens with one attached hydrogen (secondary N) is 1. The second-order valence-corrected chi connectivity index (χ2v) is 9.51. The molecule has 1 fully saturated rings. The van der Waals surface area contributed by atoms with Crippen molar-refractivity contribution in [1.29, 1.82) is 0 Å². The Morgan fingerprint density at radius 1 is 1.00 bits per heavy atom. The van der Waals surface area contributed by atoms with E-state index in [1.54, 1.807) is 6.07 Å². The minimum Gasteiger partial charge on any atom is -0.376 e. The standard InChI is InChI=1S/C27H22Cl2N2O2/c28-16-11-12-20(22(29)14-16)25-24(21-9-3-4-10-23(21)30-25)26-18-7-1-2-8-19(18)27(32)31(26)15-17-6-5-13-33-17/h1-4,7-12,14,17,26,30H,5-6,13,15H2/t17-,26+/m0/s1.